The van der Waals surface area contributed by atoms with Crippen LogP contribution in [-0.4, -0.2) is 23.6 Å². The number of hydrogen-bond acceptors (Lipinski definition) is 3. The first-order valence-electron chi connectivity index (χ1n) is 4.34. The van der Waals surface area contributed by atoms with Crippen molar-refractivity contribution in [3.63, 3.8) is 0 Å². The Morgan fingerprint density at radius 1 is 1.57 bits per heavy atom. The van der Waals surface area contributed by atoms with Gasteiger partial charge in [-0.3, -0.25) is 4.98 Å². The molecule has 0 amide bonds. The molecule has 1 atom stereocenters. The van der Waals surface area contributed by atoms with Gasteiger partial charge in [-0.15, -0.1) is 11.6 Å². The van der Waals surface area contributed by atoms with Gasteiger partial charge in [-0.25, -0.2) is 0 Å². The van der Waals surface area contributed by atoms with Crippen molar-refractivity contribution in [1.29, 1.82) is 5.26 Å². The summed E-state index contributed by atoms with van der Waals surface area (Å²) in [4.78, 5) is 4.14. The highest BCUT2D eigenvalue weighted by Gasteiger charge is 2.01. The third kappa shape index (κ3) is 4.22. The maximum absolute atomic E-state index is 8.38. The van der Waals surface area contributed by atoms with Gasteiger partial charge in [0, 0.05) is 18.3 Å². The van der Waals surface area contributed by atoms with Crippen molar-refractivity contribution in [2.75, 3.05) is 13.2 Å². The van der Waals surface area contributed by atoms with Gasteiger partial charge in [-0.2, -0.15) is 5.26 Å². The van der Waals surface area contributed by atoms with Crippen LogP contribution in [0.15, 0.2) is 24.4 Å². The number of nitriles is 1. The number of ether oxygens (including phenoxy) is 1. The summed E-state index contributed by atoms with van der Waals surface area (Å²) in [5.41, 5.74) is 0.982. The molecular formula is C10H11ClN2O. The Kier molecular flexibility index (Phi) is 4.98. The zero-order chi connectivity index (χ0) is 10.2. The minimum atomic E-state index is -0.557. The van der Waals surface area contributed by atoms with Crippen LogP contribution in [0.5, 0.6) is 0 Å². The van der Waals surface area contributed by atoms with Gasteiger partial charge in [-0.05, 0) is 12.1 Å². The summed E-state index contributed by atoms with van der Waals surface area (Å²) in [5.74, 6) is 0. The third-order valence-corrected chi connectivity index (χ3v) is 1.86. The highest BCUT2D eigenvalue weighted by atomic mass is 35.5. The summed E-state index contributed by atoms with van der Waals surface area (Å²) in [7, 11) is 0. The Balaban J connectivity index is 2.14. The van der Waals surface area contributed by atoms with Crippen molar-refractivity contribution in [3.05, 3.63) is 30.1 Å². The van der Waals surface area contributed by atoms with E-state index in [1.807, 2.05) is 24.3 Å². The van der Waals surface area contributed by atoms with Crippen LogP contribution in [0.2, 0.25) is 0 Å². The smallest absolute Gasteiger partial charge is 0.143 e. The van der Waals surface area contributed by atoms with Gasteiger partial charge >= 0.3 is 0 Å². The number of nitrogens with zero attached hydrogens (tertiary/aromatic N) is 2. The average Bonchev–Trinajstić information content (AvgIpc) is 2.25. The van der Waals surface area contributed by atoms with E-state index in [4.69, 9.17) is 21.6 Å². The highest BCUT2D eigenvalue weighted by molar-refractivity contribution is 6.22. The number of aromatic nitrogens is 1. The van der Waals surface area contributed by atoms with Gasteiger partial charge in [0.1, 0.15) is 5.38 Å². The van der Waals surface area contributed by atoms with Crippen LogP contribution >= 0.6 is 11.6 Å². The molecule has 0 bridgehead atoms. The first kappa shape index (κ1) is 11.0. The second kappa shape index (κ2) is 6.36. The number of rotatable bonds is 5. The van der Waals surface area contributed by atoms with E-state index in [9.17, 15) is 0 Å². The fraction of sp³-hybridized carbons (Fsp3) is 0.400. The summed E-state index contributed by atoms with van der Waals surface area (Å²) >= 11 is 5.55. The molecule has 0 N–H and O–H groups in total. The summed E-state index contributed by atoms with van der Waals surface area (Å²) in [6.07, 6.45) is 2.49. The Morgan fingerprint density at radius 3 is 3.07 bits per heavy atom. The van der Waals surface area contributed by atoms with E-state index < -0.39 is 5.38 Å². The van der Waals surface area contributed by atoms with E-state index >= 15 is 0 Å². The average molecular weight is 211 g/mol. The molecule has 0 spiro atoms. The van der Waals surface area contributed by atoms with Crippen LogP contribution in [0.3, 0.4) is 0 Å². The fourth-order valence-electron chi connectivity index (χ4n) is 0.947. The summed E-state index contributed by atoms with van der Waals surface area (Å²) in [5, 5.41) is 7.82. The van der Waals surface area contributed by atoms with Gasteiger partial charge in [0.15, 0.2) is 0 Å². The topological polar surface area (TPSA) is 45.9 Å². The lowest BCUT2D eigenvalue weighted by Crippen LogP contribution is -2.09. The second-order valence-electron chi connectivity index (χ2n) is 2.74. The first-order chi connectivity index (χ1) is 6.83. The second-order valence-corrected chi connectivity index (χ2v) is 3.27. The predicted molar refractivity (Wildman–Crippen MR) is 54.0 cm³/mol. The predicted octanol–water partition coefficient (Wildman–Crippen LogP) is 1.77. The Hall–Kier alpha value is -1.11. The van der Waals surface area contributed by atoms with Gasteiger partial charge in [0.05, 0.1) is 19.3 Å². The lowest BCUT2D eigenvalue weighted by molar-refractivity contribution is 0.144. The van der Waals surface area contributed by atoms with Gasteiger partial charge in [-0.1, -0.05) is 6.07 Å². The van der Waals surface area contributed by atoms with E-state index in [-0.39, 0.29) is 6.61 Å². The van der Waals surface area contributed by atoms with E-state index in [0.717, 1.165) is 12.1 Å². The monoisotopic (exact) mass is 210 g/mol. The third-order valence-electron chi connectivity index (χ3n) is 1.63. The summed E-state index contributed by atoms with van der Waals surface area (Å²) < 4.78 is 5.20. The van der Waals surface area contributed by atoms with E-state index in [1.165, 1.54) is 0 Å². The normalized spacial score (nSPS) is 12.0. The van der Waals surface area contributed by atoms with Crippen LogP contribution in [0.1, 0.15) is 5.69 Å². The molecule has 0 fully saturated rings. The molecule has 1 aromatic rings. The molecule has 0 aliphatic heterocycles. The van der Waals surface area contributed by atoms with Gasteiger partial charge in [0.25, 0.3) is 0 Å². The van der Waals surface area contributed by atoms with E-state index in [1.54, 1.807) is 6.20 Å². The van der Waals surface area contributed by atoms with Crippen LogP contribution < -0.4 is 0 Å². The molecule has 1 rings (SSSR count). The Labute approximate surface area is 88.3 Å². The molecule has 14 heavy (non-hydrogen) atoms. The molecule has 1 aromatic heterocycles. The van der Waals surface area contributed by atoms with Crippen molar-refractivity contribution in [3.8, 4) is 6.07 Å². The molecule has 0 saturated carbocycles. The van der Waals surface area contributed by atoms with Crippen molar-refractivity contribution < 1.29 is 4.74 Å². The molecule has 0 radical (unpaired) electrons. The molecule has 0 aliphatic rings. The van der Waals surface area contributed by atoms with Crippen LogP contribution in [0.25, 0.3) is 0 Å². The molecule has 0 saturated heterocycles. The van der Waals surface area contributed by atoms with E-state index in [0.29, 0.717) is 6.61 Å². The zero-order valence-corrected chi connectivity index (χ0v) is 8.44. The van der Waals surface area contributed by atoms with Crippen molar-refractivity contribution in [2.45, 2.75) is 11.8 Å². The van der Waals surface area contributed by atoms with Crippen LogP contribution in [-0.2, 0) is 11.2 Å². The number of pyridine rings is 1. The lowest BCUT2D eigenvalue weighted by atomic mass is 10.3. The van der Waals surface area contributed by atoms with Gasteiger partial charge in [0.2, 0.25) is 0 Å². The van der Waals surface area contributed by atoms with Crippen molar-refractivity contribution >= 4 is 11.6 Å². The maximum Gasteiger partial charge on any atom is 0.143 e. The van der Waals surface area contributed by atoms with Gasteiger partial charge < -0.3 is 4.74 Å². The van der Waals surface area contributed by atoms with E-state index in [2.05, 4.69) is 4.98 Å². The Bertz CT molecular complexity index is 297. The van der Waals surface area contributed by atoms with Crippen molar-refractivity contribution in [1.82, 2.24) is 4.98 Å². The highest BCUT2D eigenvalue weighted by Crippen LogP contribution is 1.97. The molecule has 4 heteroatoms. The largest absolute Gasteiger partial charge is 0.378 e. The zero-order valence-electron chi connectivity index (χ0n) is 7.69. The molecular weight excluding hydrogens is 200 g/mol. The fourth-order valence-corrected chi connectivity index (χ4v) is 1.04. The standard InChI is InChI=1S/C10H11ClN2O/c11-9(7-12)8-14-6-4-10-3-1-2-5-13-10/h1-3,5,9H,4,6,8H2. The molecule has 0 aromatic carbocycles. The molecule has 1 unspecified atom stereocenters. The van der Waals surface area contributed by atoms with Crippen LogP contribution in [0, 0.1) is 11.3 Å². The Morgan fingerprint density at radius 2 is 2.43 bits per heavy atom. The minimum Gasteiger partial charge on any atom is -0.378 e. The SMILES string of the molecule is N#CC(Cl)COCCc1ccccn1. The number of halogens is 1. The minimum absolute atomic E-state index is 0.269. The summed E-state index contributed by atoms with van der Waals surface area (Å²) in [6, 6.07) is 7.63. The lowest BCUT2D eigenvalue weighted by Gasteiger charge is -2.03. The number of alkyl halides is 1. The number of hydrogen-bond donors (Lipinski definition) is 0. The van der Waals surface area contributed by atoms with Crippen molar-refractivity contribution in [2.24, 2.45) is 0 Å². The quantitative estimate of drug-likeness (QED) is 0.550. The molecule has 1 heterocycles. The summed E-state index contributed by atoms with van der Waals surface area (Å²) in [6.45, 7) is 0.812. The molecule has 74 valence electrons. The maximum atomic E-state index is 8.38. The molecule has 0 aliphatic carbocycles. The first-order valence-corrected chi connectivity index (χ1v) is 4.78. The van der Waals surface area contributed by atoms with Crippen LogP contribution in [0.4, 0.5) is 0 Å². The molecule has 3 nitrogen and oxygen atoms in total.